The molecule has 2 heterocycles. The maximum Gasteiger partial charge on any atom is 0.305 e. The summed E-state index contributed by atoms with van der Waals surface area (Å²) < 4.78 is 11.3. The Bertz CT molecular complexity index is 793. The number of nitrogens with zero attached hydrogens (tertiary/aromatic N) is 2. The van der Waals surface area contributed by atoms with Crippen LogP contribution in [0.5, 0.6) is 11.5 Å². The number of hydrogen-bond donors (Lipinski definition) is 2. The molecule has 0 spiro atoms. The molecule has 9 heteroatoms. The van der Waals surface area contributed by atoms with E-state index in [1.54, 1.807) is 24.5 Å². The number of nitrogens with one attached hydrogen (secondary N) is 1. The number of amides is 1. The van der Waals surface area contributed by atoms with Crippen LogP contribution in [0.15, 0.2) is 24.5 Å². The molecule has 0 fully saturated rings. The molecular weight excluding hydrogens is 350 g/mol. The summed E-state index contributed by atoms with van der Waals surface area (Å²) in [6.45, 7) is 1.70. The van der Waals surface area contributed by atoms with Crippen molar-refractivity contribution in [2.45, 2.75) is 19.4 Å². The van der Waals surface area contributed by atoms with E-state index in [1.165, 1.54) is 4.90 Å². The lowest BCUT2D eigenvalue weighted by molar-refractivity contribution is -0.136. The standard InChI is InChI=1S/C16H16ClN3O5/c1-9(16-18-3-4-19-16)25-12-7-13-11(6-10(12)17)20(5-2-15(22)23)14(21)8-24-13/h3-4,6-7,9H,2,5,8H2,1H3,(H,18,19)(H,22,23). The Kier molecular flexibility index (Phi) is 4.80. The van der Waals surface area contributed by atoms with Gasteiger partial charge in [-0.1, -0.05) is 11.6 Å². The summed E-state index contributed by atoms with van der Waals surface area (Å²) >= 11 is 6.28. The SMILES string of the molecule is CC(Oc1cc2c(cc1Cl)N(CCC(=O)O)C(=O)CO2)c1ncc[nH]1. The van der Waals surface area contributed by atoms with Crippen LogP contribution < -0.4 is 14.4 Å². The first-order valence-electron chi connectivity index (χ1n) is 7.60. The van der Waals surface area contributed by atoms with Gasteiger partial charge >= 0.3 is 5.97 Å². The number of aliphatic carboxylic acids is 1. The number of fused-ring (bicyclic) bond motifs is 1. The van der Waals surface area contributed by atoms with E-state index in [2.05, 4.69) is 9.97 Å². The minimum atomic E-state index is -0.987. The summed E-state index contributed by atoms with van der Waals surface area (Å²) in [5.41, 5.74) is 0.431. The van der Waals surface area contributed by atoms with Crippen molar-refractivity contribution in [2.24, 2.45) is 0 Å². The van der Waals surface area contributed by atoms with Crippen LogP contribution >= 0.6 is 11.6 Å². The first-order chi connectivity index (χ1) is 12.0. The van der Waals surface area contributed by atoms with Gasteiger partial charge in [-0.05, 0) is 13.0 Å². The van der Waals surface area contributed by atoms with E-state index < -0.39 is 5.97 Å². The van der Waals surface area contributed by atoms with Crippen molar-refractivity contribution in [1.82, 2.24) is 9.97 Å². The van der Waals surface area contributed by atoms with Gasteiger partial charge in [-0.3, -0.25) is 9.59 Å². The number of anilines is 1. The van der Waals surface area contributed by atoms with Gasteiger partial charge in [0.1, 0.15) is 17.3 Å². The molecule has 132 valence electrons. The van der Waals surface area contributed by atoms with Crippen LogP contribution in [-0.4, -0.2) is 40.1 Å². The highest BCUT2D eigenvalue weighted by molar-refractivity contribution is 6.32. The van der Waals surface area contributed by atoms with E-state index in [0.29, 0.717) is 23.0 Å². The smallest absolute Gasteiger partial charge is 0.305 e. The summed E-state index contributed by atoms with van der Waals surface area (Å²) in [6.07, 6.45) is 2.78. The molecule has 1 aromatic heterocycles. The molecule has 1 amide bonds. The average Bonchev–Trinajstić information content (AvgIpc) is 3.09. The summed E-state index contributed by atoms with van der Waals surface area (Å²) in [5.74, 6) is 0.141. The average molecular weight is 366 g/mol. The van der Waals surface area contributed by atoms with Gasteiger partial charge in [-0.25, -0.2) is 4.98 Å². The second kappa shape index (κ2) is 7.02. The molecule has 1 aliphatic rings. The molecule has 0 saturated heterocycles. The fraction of sp³-hybridized carbons (Fsp3) is 0.312. The lowest BCUT2D eigenvalue weighted by Crippen LogP contribution is -2.40. The molecule has 1 aliphatic heterocycles. The zero-order valence-electron chi connectivity index (χ0n) is 13.4. The number of benzene rings is 1. The molecule has 0 bridgehead atoms. The Morgan fingerprint density at radius 3 is 3.04 bits per heavy atom. The van der Waals surface area contributed by atoms with Gasteiger partial charge in [-0.15, -0.1) is 0 Å². The number of H-pyrrole nitrogens is 1. The van der Waals surface area contributed by atoms with Crippen LogP contribution in [0.4, 0.5) is 5.69 Å². The maximum atomic E-state index is 12.0. The van der Waals surface area contributed by atoms with Crippen LogP contribution in [0.3, 0.4) is 0 Å². The lowest BCUT2D eigenvalue weighted by Gasteiger charge is -2.30. The highest BCUT2D eigenvalue weighted by Crippen LogP contribution is 2.41. The summed E-state index contributed by atoms with van der Waals surface area (Å²) in [6, 6.07) is 3.14. The Labute approximate surface area is 148 Å². The van der Waals surface area contributed by atoms with Gasteiger partial charge in [0.25, 0.3) is 5.91 Å². The molecule has 8 nitrogen and oxygen atoms in total. The first-order valence-corrected chi connectivity index (χ1v) is 7.98. The van der Waals surface area contributed by atoms with Gasteiger partial charge < -0.3 is 24.5 Å². The van der Waals surface area contributed by atoms with E-state index in [1.807, 2.05) is 6.92 Å². The van der Waals surface area contributed by atoms with E-state index in [4.69, 9.17) is 26.2 Å². The highest BCUT2D eigenvalue weighted by Gasteiger charge is 2.28. The number of carboxylic acids is 1. The van der Waals surface area contributed by atoms with E-state index in [9.17, 15) is 9.59 Å². The molecule has 2 aromatic rings. The van der Waals surface area contributed by atoms with Crippen LogP contribution in [0.25, 0.3) is 0 Å². The normalized spacial score (nSPS) is 14.6. The van der Waals surface area contributed by atoms with Gasteiger partial charge in [0.05, 0.1) is 17.1 Å². The molecule has 1 aromatic carbocycles. The minimum Gasteiger partial charge on any atom is -0.481 e. The number of imidazole rings is 1. The third kappa shape index (κ3) is 3.69. The van der Waals surface area contributed by atoms with Crippen LogP contribution in [0.2, 0.25) is 5.02 Å². The highest BCUT2D eigenvalue weighted by atomic mass is 35.5. The molecule has 1 unspecified atom stereocenters. The summed E-state index contributed by atoms with van der Waals surface area (Å²) in [5, 5.41) is 9.13. The molecule has 2 N–H and O–H groups in total. The molecule has 3 rings (SSSR count). The van der Waals surface area contributed by atoms with E-state index in [-0.39, 0.29) is 36.6 Å². The topological polar surface area (TPSA) is 105 Å². The maximum absolute atomic E-state index is 12.0. The van der Waals surface area contributed by atoms with E-state index in [0.717, 1.165) is 0 Å². The second-order valence-corrected chi connectivity index (χ2v) is 5.87. The quantitative estimate of drug-likeness (QED) is 0.814. The van der Waals surface area contributed by atoms with Crippen molar-refractivity contribution in [2.75, 3.05) is 18.1 Å². The number of aromatic amines is 1. The molecule has 25 heavy (non-hydrogen) atoms. The number of ether oxygens (including phenoxy) is 2. The molecular formula is C16H16ClN3O5. The van der Waals surface area contributed by atoms with Crippen molar-refractivity contribution in [3.05, 3.63) is 35.4 Å². The molecule has 0 aliphatic carbocycles. The molecule has 0 saturated carbocycles. The van der Waals surface area contributed by atoms with Crippen molar-refractivity contribution in [3.8, 4) is 11.5 Å². The van der Waals surface area contributed by atoms with Crippen LogP contribution in [-0.2, 0) is 9.59 Å². The summed E-state index contributed by atoms with van der Waals surface area (Å²) in [7, 11) is 0. The van der Waals surface area contributed by atoms with Crippen LogP contribution in [0, 0.1) is 0 Å². The Morgan fingerprint density at radius 2 is 2.36 bits per heavy atom. The second-order valence-electron chi connectivity index (χ2n) is 5.46. The fourth-order valence-corrected chi connectivity index (χ4v) is 2.69. The number of rotatable bonds is 6. The monoisotopic (exact) mass is 365 g/mol. The Balaban J connectivity index is 1.85. The van der Waals surface area contributed by atoms with Gasteiger partial charge in [-0.2, -0.15) is 0 Å². The zero-order valence-corrected chi connectivity index (χ0v) is 14.1. The summed E-state index contributed by atoms with van der Waals surface area (Å²) in [4.78, 5) is 31.3. The number of halogens is 1. The fourth-order valence-electron chi connectivity index (χ4n) is 2.49. The van der Waals surface area contributed by atoms with Crippen molar-refractivity contribution in [1.29, 1.82) is 0 Å². The first kappa shape index (κ1) is 17.1. The lowest BCUT2D eigenvalue weighted by atomic mass is 10.2. The zero-order chi connectivity index (χ0) is 18.0. The molecule has 0 radical (unpaired) electrons. The van der Waals surface area contributed by atoms with Crippen molar-refractivity contribution < 1.29 is 24.2 Å². The minimum absolute atomic E-state index is 0.0455. The number of carboxylic acid groups (broad SMARTS) is 1. The number of hydrogen-bond acceptors (Lipinski definition) is 5. The third-order valence-corrected chi connectivity index (χ3v) is 4.01. The van der Waals surface area contributed by atoms with Crippen LogP contribution in [0.1, 0.15) is 25.3 Å². The van der Waals surface area contributed by atoms with Crippen molar-refractivity contribution in [3.63, 3.8) is 0 Å². The van der Waals surface area contributed by atoms with Gasteiger partial charge in [0.2, 0.25) is 0 Å². The van der Waals surface area contributed by atoms with Crippen molar-refractivity contribution >= 4 is 29.2 Å². The number of aromatic nitrogens is 2. The largest absolute Gasteiger partial charge is 0.481 e. The van der Waals surface area contributed by atoms with Gasteiger partial charge in [0.15, 0.2) is 12.7 Å². The van der Waals surface area contributed by atoms with E-state index >= 15 is 0 Å². The Hall–Kier alpha value is -2.74. The Morgan fingerprint density at radius 1 is 1.56 bits per heavy atom. The predicted molar refractivity (Wildman–Crippen MR) is 89.2 cm³/mol. The molecule has 1 atom stereocenters. The third-order valence-electron chi connectivity index (χ3n) is 3.71. The number of carbonyl (C=O) groups is 2. The number of carbonyl (C=O) groups excluding carboxylic acids is 1. The van der Waals surface area contributed by atoms with Gasteiger partial charge in [0, 0.05) is 25.0 Å². The predicted octanol–water partition coefficient (Wildman–Crippen LogP) is 2.40.